The van der Waals surface area contributed by atoms with Crippen molar-refractivity contribution in [2.24, 2.45) is 4.99 Å². The summed E-state index contributed by atoms with van der Waals surface area (Å²) >= 11 is 0. The number of guanidine groups is 1. The van der Waals surface area contributed by atoms with Crippen LogP contribution in [0.4, 0.5) is 4.39 Å². The third-order valence-corrected chi connectivity index (χ3v) is 3.77. The first-order chi connectivity index (χ1) is 11.6. The molecule has 1 aromatic carbocycles. The van der Waals surface area contributed by atoms with E-state index in [-0.39, 0.29) is 35.9 Å². The molecule has 1 unspecified atom stereocenters. The fraction of sp³-hybridized carbons (Fsp3) is 0.611. The van der Waals surface area contributed by atoms with Gasteiger partial charge >= 0.3 is 0 Å². The summed E-state index contributed by atoms with van der Waals surface area (Å²) in [5.74, 6) is 1.17. The van der Waals surface area contributed by atoms with E-state index in [4.69, 9.17) is 4.74 Å². The summed E-state index contributed by atoms with van der Waals surface area (Å²) in [6.07, 6.45) is 1.02. The molecule has 25 heavy (non-hydrogen) atoms. The van der Waals surface area contributed by atoms with Crippen molar-refractivity contribution in [3.05, 3.63) is 30.1 Å². The molecule has 0 bridgehead atoms. The smallest absolute Gasteiger partial charge is 0.191 e. The molecule has 2 N–H and O–H groups in total. The number of aliphatic imine (C=N–C) groups is 1. The quantitative estimate of drug-likeness (QED) is 0.241. The van der Waals surface area contributed by atoms with Gasteiger partial charge in [-0.15, -0.1) is 24.0 Å². The SMILES string of the molecule is CCN(CC)CCCNC(=NC)NCC(C)Oc1ccc(F)cc1.I. The van der Waals surface area contributed by atoms with Gasteiger partial charge in [-0.05, 0) is 57.2 Å². The predicted octanol–water partition coefficient (Wildman–Crippen LogP) is 3.11. The van der Waals surface area contributed by atoms with E-state index in [0.717, 1.165) is 38.6 Å². The van der Waals surface area contributed by atoms with Gasteiger partial charge in [0.1, 0.15) is 17.7 Å². The summed E-state index contributed by atoms with van der Waals surface area (Å²) in [5, 5.41) is 6.55. The fourth-order valence-corrected chi connectivity index (χ4v) is 2.30. The number of nitrogens with zero attached hydrogens (tertiary/aromatic N) is 2. The van der Waals surface area contributed by atoms with Gasteiger partial charge in [-0.2, -0.15) is 0 Å². The van der Waals surface area contributed by atoms with Crippen molar-refractivity contribution in [2.75, 3.05) is 39.8 Å². The molecule has 0 aliphatic carbocycles. The molecule has 1 atom stereocenters. The second-order valence-corrected chi connectivity index (χ2v) is 5.64. The van der Waals surface area contributed by atoms with E-state index in [2.05, 4.69) is 34.4 Å². The highest BCUT2D eigenvalue weighted by atomic mass is 127. The topological polar surface area (TPSA) is 48.9 Å². The Kier molecular flexibility index (Phi) is 13.5. The molecule has 0 fully saturated rings. The van der Waals surface area contributed by atoms with E-state index < -0.39 is 0 Å². The summed E-state index contributed by atoms with van der Waals surface area (Å²) in [6.45, 7) is 11.1. The van der Waals surface area contributed by atoms with Gasteiger partial charge in [-0.3, -0.25) is 4.99 Å². The van der Waals surface area contributed by atoms with E-state index >= 15 is 0 Å². The molecule has 0 radical (unpaired) electrons. The lowest BCUT2D eigenvalue weighted by Gasteiger charge is -2.19. The Bertz CT molecular complexity index is 480. The second-order valence-electron chi connectivity index (χ2n) is 5.64. The van der Waals surface area contributed by atoms with Gasteiger partial charge in [0, 0.05) is 13.6 Å². The Balaban J connectivity index is 0.00000576. The first-order valence-electron chi connectivity index (χ1n) is 8.68. The molecule has 0 amide bonds. The maximum atomic E-state index is 12.9. The number of benzene rings is 1. The average Bonchev–Trinajstić information content (AvgIpc) is 2.59. The van der Waals surface area contributed by atoms with Gasteiger partial charge < -0.3 is 20.3 Å². The van der Waals surface area contributed by atoms with Gasteiger partial charge in [0.15, 0.2) is 5.96 Å². The largest absolute Gasteiger partial charge is 0.489 e. The standard InChI is InChI=1S/C18H31FN4O.HI/c1-5-23(6-2)13-7-12-21-18(20-4)22-14-15(3)24-17-10-8-16(19)9-11-17;/h8-11,15H,5-7,12-14H2,1-4H3,(H2,20,21,22);1H. The molecular formula is C18H32FIN4O. The second kappa shape index (κ2) is 14.1. The molecule has 7 heteroatoms. The van der Waals surface area contributed by atoms with E-state index in [0.29, 0.717) is 12.3 Å². The van der Waals surface area contributed by atoms with Crippen LogP contribution in [-0.4, -0.2) is 56.7 Å². The Hall–Kier alpha value is -1.09. The van der Waals surface area contributed by atoms with E-state index in [9.17, 15) is 4.39 Å². The Morgan fingerprint density at radius 2 is 1.84 bits per heavy atom. The first-order valence-corrected chi connectivity index (χ1v) is 8.68. The van der Waals surface area contributed by atoms with Crippen molar-refractivity contribution in [1.29, 1.82) is 0 Å². The van der Waals surface area contributed by atoms with Crippen LogP contribution in [0.2, 0.25) is 0 Å². The summed E-state index contributed by atoms with van der Waals surface area (Å²) < 4.78 is 18.6. The predicted molar refractivity (Wildman–Crippen MR) is 114 cm³/mol. The number of ether oxygens (including phenoxy) is 1. The van der Waals surface area contributed by atoms with Gasteiger partial charge in [-0.1, -0.05) is 13.8 Å². The van der Waals surface area contributed by atoms with Crippen molar-refractivity contribution < 1.29 is 9.13 Å². The van der Waals surface area contributed by atoms with Crippen LogP contribution in [0.5, 0.6) is 5.75 Å². The van der Waals surface area contributed by atoms with Gasteiger partial charge in [0.05, 0.1) is 6.54 Å². The van der Waals surface area contributed by atoms with Crippen LogP contribution in [-0.2, 0) is 0 Å². The van der Waals surface area contributed by atoms with Crippen LogP contribution in [0.3, 0.4) is 0 Å². The fourth-order valence-electron chi connectivity index (χ4n) is 2.30. The molecule has 144 valence electrons. The van der Waals surface area contributed by atoms with Gasteiger partial charge in [0.2, 0.25) is 0 Å². The Morgan fingerprint density at radius 3 is 2.40 bits per heavy atom. The molecule has 0 spiro atoms. The van der Waals surface area contributed by atoms with E-state index in [1.54, 1.807) is 19.2 Å². The van der Waals surface area contributed by atoms with Crippen molar-refractivity contribution >= 4 is 29.9 Å². The van der Waals surface area contributed by atoms with Crippen molar-refractivity contribution in [3.63, 3.8) is 0 Å². The molecule has 0 saturated carbocycles. The Labute approximate surface area is 168 Å². The highest BCUT2D eigenvalue weighted by molar-refractivity contribution is 14.0. The molecule has 1 aromatic rings. The molecule has 0 aliphatic rings. The molecule has 1 rings (SSSR count). The molecule has 0 aromatic heterocycles. The summed E-state index contributed by atoms with van der Waals surface area (Å²) in [6, 6.07) is 6.05. The van der Waals surface area contributed by atoms with Crippen LogP contribution in [0.1, 0.15) is 27.2 Å². The zero-order valence-corrected chi connectivity index (χ0v) is 18.0. The summed E-state index contributed by atoms with van der Waals surface area (Å²) in [4.78, 5) is 6.61. The number of rotatable bonds is 10. The first kappa shape index (κ1) is 23.9. The molecular weight excluding hydrogens is 434 g/mol. The summed E-state index contributed by atoms with van der Waals surface area (Å²) in [5.41, 5.74) is 0. The minimum atomic E-state index is -0.262. The minimum absolute atomic E-state index is 0. The van der Waals surface area contributed by atoms with Crippen LogP contribution in [0.25, 0.3) is 0 Å². The number of halogens is 2. The molecule has 0 aliphatic heterocycles. The van der Waals surface area contributed by atoms with Crippen LogP contribution >= 0.6 is 24.0 Å². The lowest BCUT2D eigenvalue weighted by Crippen LogP contribution is -2.42. The van der Waals surface area contributed by atoms with Crippen LogP contribution < -0.4 is 15.4 Å². The van der Waals surface area contributed by atoms with Crippen LogP contribution in [0.15, 0.2) is 29.3 Å². The maximum Gasteiger partial charge on any atom is 0.191 e. The average molecular weight is 466 g/mol. The highest BCUT2D eigenvalue weighted by Crippen LogP contribution is 2.12. The number of hydrogen-bond donors (Lipinski definition) is 2. The van der Waals surface area contributed by atoms with E-state index in [1.807, 2.05) is 6.92 Å². The van der Waals surface area contributed by atoms with Crippen molar-refractivity contribution in [3.8, 4) is 5.75 Å². The van der Waals surface area contributed by atoms with Gasteiger partial charge in [0.25, 0.3) is 0 Å². The molecule has 0 saturated heterocycles. The van der Waals surface area contributed by atoms with Crippen LogP contribution in [0, 0.1) is 5.82 Å². The lowest BCUT2D eigenvalue weighted by atomic mass is 10.3. The Morgan fingerprint density at radius 1 is 1.20 bits per heavy atom. The summed E-state index contributed by atoms with van der Waals surface area (Å²) in [7, 11) is 1.76. The van der Waals surface area contributed by atoms with E-state index in [1.165, 1.54) is 12.1 Å². The third-order valence-electron chi connectivity index (χ3n) is 3.77. The monoisotopic (exact) mass is 466 g/mol. The molecule has 0 heterocycles. The maximum absolute atomic E-state index is 12.9. The highest BCUT2D eigenvalue weighted by Gasteiger charge is 2.06. The normalized spacial score (nSPS) is 12.5. The van der Waals surface area contributed by atoms with Gasteiger partial charge in [-0.25, -0.2) is 4.39 Å². The lowest BCUT2D eigenvalue weighted by molar-refractivity contribution is 0.223. The number of hydrogen-bond acceptors (Lipinski definition) is 3. The molecule has 5 nitrogen and oxygen atoms in total. The van der Waals surface area contributed by atoms with Crippen molar-refractivity contribution in [1.82, 2.24) is 15.5 Å². The zero-order chi connectivity index (χ0) is 17.8. The third kappa shape index (κ3) is 10.5. The zero-order valence-electron chi connectivity index (χ0n) is 15.7. The number of nitrogens with one attached hydrogen (secondary N) is 2. The van der Waals surface area contributed by atoms with Crippen molar-refractivity contribution in [2.45, 2.75) is 33.3 Å². The minimum Gasteiger partial charge on any atom is -0.489 e.